The number of hydrogen-bond donors (Lipinski definition) is 1. The average molecular weight is 317 g/mol. The van der Waals surface area contributed by atoms with Gasteiger partial charge in [0.25, 0.3) is 0 Å². The van der Waals surface area contributed by atoms with Gasteiger partial charge >= 0.3 is 6.61 Å². The molecule has 2 aromatic rings. The molecule has 0 fully saturated rings. The van der Waals surface area contributed by atoms with Crippen LogP contribution in [0, 0.1) is 6.92 Å². The Bertz CT molecular complexity index is 682. The monoisotopic (exact) mass is 317 g/mol. The van der Waals surface area contributed by atoms with Gasteiger partial charge in [-0.2, -0.15) is 8.78 Å². The molecule has 0 bridgehead atoms. The van der Waals surface area contributed by atoms with E-state index in [0.29, 0.717) is 5.56 Å². The Balaban J connectivity index is 1.87. The van der Waals surface area contributed by atoms with Crippen molar-refractivity contribution in [3.63, 3.8) is 0 Å². The molecule has 0 unspecified atom stereocenters. The molecule has 3 nitrogen and oxygen atoms in total. The van der Waals surface area contributed by atoms with Gasteiger partial charge < -0.3 is 10.1 Å². The number of carbonyl (C=O) groups excluding carboxylic acids is 1. The van der Waals surface area contributed by atoms with Gasteiger partial charge in [0.15, 0.2) is 0 Å². The van der Waals surface area contributed by atoms with Gasteiger partial charge in [-0.3, -0.25) is 4.79 Å². The van der Waals surface area contributed by atoms with Crippen LogP contribution in [-0.2, 0) is 11.3 Å². The van der Waals surface area contributed by atoms with E-state index in [1.807, 2.05) is 31.2 Å². The molecule has 0 atom stereocenters. The highest BCUT2D eigenvalue weighted by Crippen LogP contribution is 2.15. The zero-order valence-corrected chi connectivity index (χ0v) is 12.6. The molecular weight excluding hydrogens is 300 g/mol. The SMILES string of the molecule is Cc1ccc(/C=C/C(=O)NCc2cccc(OC(F)F)c2)cc1. The lowest BCUT2D eigenvalue weighted by atomic mass is 10.1. The summed E-state index contributed by atoms with van der Waals surface area (Å²) in [5.74, 6) is -0.187. The van der Waals surface area contributed by atoms with E-state index in [-0.39, 0.29) is 18.2 Å². The summed E-state index contributed by atoms with van der Waals surface area (Å²) in [7, 11) is 0. The van der Waals surface area contributed by atoms with Crippen molar-refractivity contribution in [1.29, 1.82) is 0 Å². The van der Waals surface area contributed by atoms with E-state index in [1.54, 1.807) is 18.2 Å². The number of rotatable bonds is 6. The number of alkyl halides is 2. The van der Waals surface area contributed by atoms with Crippen LogP contribution >= 0.6 is 0 Å². The molecule has 0 saturated heterocycles. The Morgan fingerprint density at radius 3 is 2.65 bits per heavy atom. The predicted octanol–water partition coefficient (Wildman–Crippen LogP) is 3.93. The second-order valence-electron chi connectivity index (χ2n) is 4.99. The predicted molar refractivity (Wildman–Crippen MR) is 85.1 cm³/mol. The molecule has 120 valence electrons. The van der Waals surface area contributed by atoms with Crippen molar-refractivity contribution in [1.82, 2.24) is 5.32 Å². The number of halogens is 2. The van der Waals surface area contributed by atoms with Crippen molar-refractivity contribution in [3.8, 4) is 5.75 Å². The smallest absolute Gasteiger partial charge is 0.387 e. The van der Waals surface area contributed by atoms with Crippen LogP contribution in [0.1, 0.15) is 16.7 Å². The Morgan fingerprint density at radius 1 is 1.22 bits per heavy atom. The number of ether oxygens (including phenoxy) is 1. The molecular formula is C18H17F2NO2. The fourth-order valence-corrected chi connectivity index (χ4v) is 1.93. The van der Waals surface area contributed by atoms with Crippen LogP contribution in [0.25, 0.3) is 6.08 Å². The van der Waals surface area contributed by atoms with E-state index in [1.165, 1.54) is 18.2 Å². The second-order valence-corrected chi connectivity index (χ2v) is 4.99. The van der Waals surface area contributed by atoms with Crippen molar-refractivity contribution in [3.05, 3.63) is 71.3 Å². The number of carbonyl (C=O) groups is 1. The van der Waals surface area contributed by atoms with E-state index >= 15 is 0 Å². The normalized spacial score (nSPS) is 11.0. The molecule has 0 saturated carbocycles. The van der Waals surface area contributed by atoms with E-state index in [2.05, 4.69) is 10.1 Å². The summed E-state index contributed by atoms with van der Waals surface area (Å²) in [5, 5.41) is 2.69. The molecule has 5 heteroatoms. The quantitative estimate of drug-likeness (QED) is 0.820. The largest absolute Gasteiger partial charge is 0.435 e. The molecule has 0 heterocycles. The van der Waals surface area contributed by atoms with Crippen molar-refractivity contribution in [2.75, 3.05) is 0 Å². The van der Waals surface area contributed by atoms with E-state index < -0.39 is 6.61 Å². The molecule has 0 aliphatic rings. The fraction of sp³-hybridized carbons (Fsp3) is 0.167. The minimum absolute atomic E-state index is 0.0712. The molecule has 0 radical (unpaired) electrons. The first-order valence-electron chi connectivity index (χ1n) is 7.09. The van der Waals surface area contributed by atoms with Crippen LogP contribution in [0.2, 0.25) is 0 Å². The van der Waals surface area contributed by atoms with E-state index in [4.69, 9.17) is 0 Å². The zero-order valence-electron chi connectivity index (χ0n) is 12.6. The lowest BCUT2D eigenvalue weighted by Crippen LogP contribution is -2.20. The second kappa shape index (κ2) is 8.08. The molecule has 0 spiro atoms. The highest BCUT2D eigenvalue weighted by atomic mass is 19.3. The van der Waals surface area contributed by atoms with Gasteiger partial charge in [0.05, 0.1) is 0 Å². The number of benzene rings is 2. The maximum atomic E-state index is 12.2. The van der Waals surface area contributed by atoms with Crippen LogP contribution in [0.15, 0.2) is 54.6 Å². The summed E-state index contributed by atoms with van der Waals surface area (Å²) in [5.41, 5.74) is 2.76. The van der Waals surface area contributed by atoms with E-state index in [0.717, 1.165) is 11.1 Å². The molecule has 23 heavy (non-hydrogen) atoms. The third kappa shape index (κ3) is 5.90. The molecule has 0 aliphatic carbocycles. The Hall–Kier alpha value is -2.69. The number of hydrogen-bond acceptors (Lipinski definition) is 2. The van der Waals surface area contributed by atoms with Crippen molar-refractivity contribution >= 4 is 12.0 Å². The van der Waals surface area contributed by atoms with Gasteiger partial charge in [0.1, 0.15) is 5.75 Å². The van der Waals surface area contributed by atoms with Crippen LogP contribution in [0.3, 0.4) is 0 Å². The molecule has 1 N–H and O–H groups in total. The first-order valence-corrected chi connectivity index (χ1v) is 7.09. The molecule has 1 amide bonds. The topological polar surface area (TPSA) is 38.3 Å². The van der Waals surface area contributed by atoms with Crippen molar-refractivity contribution < 1.29 is 18.3 Å². The molecule has 2 aromatic carbocycles. The lowest BCUT2D eigenvalue weighted by Gasteiger charge is -2.07. The Kier molecular flexibility index (Phi) is 5.86. The van der Waals surface area contributed by atoms with Gasteiger partial charge in [0.2, 0.25) is 5.91 Å². The number of aryl methyl sites for hydroxylation is 1. The van der Waals surface area contributed by atoms with Gasteiger partial charge in [0, 0.05) is 12.6 Å². The summed E-state index contributed by atoms with van der Waals surface area (Å²) in [6.07, 6.45) is 3.15. The van der Waals surface area contributed by atoms with Crippen LogP contribution in [0.5, 0.6) is 5.75 Å². The summed E-state index contributed by atoms with van der Waals surface area (Å²) in [4.78, 5) is 11.8. The van der Waals surface area contributed by atoms with Crippen molar-refractivity contribution in [2.24, 2.45) is 0 Å². The van der Waals surface area contributed by atoms with Crippen LogP contribution in [-0.4, -0.2) is 12.5 Å². The van der Waals surface area contributed by atoms with E-state index in [9.17, 15) is 13.6 Å². The van der Waals surface area contributed by atoms with Crippen LogP contribution < -0.4 is 10.1 Å². The maximum absolute atomic E-state index is 12.2. The lowest BCUT2D eigenvalue weighted by molar-refractivity contribution is -0.116. The third-order valence-electron chi connectivity index (χ3n) is 3.09. The highest BCUT2D eigenvalue weighted by molar-refractivity contribution is 5.91. The minimum atomic E-state index is -2.86. The summed E-state index contributed by atoms with van der Waals surface area (Å²) < 4.78 is 28.6. The van der Waals surface area contributed by atoms with Crippen LogP contribution in [0.4, 0.5) is 8.78 Å². The van der Waals surface area contributed by atoms with Gasteiger partial charge in [-0.1, -0.05) is 42.0 Å². The Morgan fingerprint density at radius 2 is 1.96 bits per heavy atom. The zero-order chi connectivity index (χ0) is 16.7. The maximum Gasteiger partial charge on any atom is 0.387 e. The molecule has 2 rings (SSSR count). The standard InChI is InChI=1S/C18H17F2NO2/c1-13-5-7-14(8-6-13)9-10-17(22)21-12-15-3-2-4-16(11-15)23-18(19)20/h2-11,18H,12H2,1H3,(H,21,22)/b10-9+. The first-order chi connectivity index (χ1) is 11.0. The third-order valence-corrected chi connectivity index (χ3v) is 3.09. The molecule has 0 aromatic heterocycles. The van der Waals surface area contributed by atoms with Crippen molar-refractivity contribution in [2.45, 2.75) is 20.1 Å². The summed E-state index contributed by atoms with van der Waals surface area (Å²) in [6.45, 7) is -0.638. The number of amides is 1. The number of nitrogens with one attached hydrogen (secondary N) is 1. The van der Waals surface area contributed by atoms with Gasteiger partial charge in [-0.25, -0.2) is 0 Å². The first kappa shape index (κ1) is 16.7. The van der Waals surface area contributed by atoms with Gasteiger partial charge in [-0.15, -0.1) is 0 Å². The molecule has 0 aliphatic heterocycles. The summed E-state index contributed by atoms with van der Waals surface area (Å²) in [6, 6.07) is 14.0. The average Bonchev–Trinajstić information content (AvgIpc) is 2.52. The fourth-order valence-electron chi connectivity index (χ4n) is 1.93. The van der Waals surface area contributed by atoms with Gasteiger partial charge in [-0.05, 0) is 36.3 Å². The summed E-state index contributed by atoms with van der Waals surface area (Å²) >= 11 is 0. The Labute approximate surface area is 133 Å². The highest BCUT2D eigenvalue weighted by Gasteiger charge is 2.05. The minimum Gasteiger partial charge on any atom is -0.435 e.